The van der Waals surface area contributed by atoms with Crippen molar-refractivity contribution in [2.75, 3.05) is 0 Å². The first-order valence-corrected chi connectivity index (χ1v) is 6.34. The Balaban J connectivity index is 2.20. The van der Waals surface area contributed by atoms with Crippen molar-refractivity contribution in [1.82, 2.24) is 15.7 Å². The van der Waals surface area contributed by atoms with Crippen LogP contribution in [0, 0.1) is 19.8 Å². The number of hydrazine groups is 1. The quantitative estimate of drug-likeness (QED) is 0.326. The lowest BCUT2D eigenvalue weighted by Gasteiger charge is -2.09. The van der Waals surface area contributed by atoms with E-state index in [1.807, 2.05) is 29.7 Å². The smallest absolute Gasteiger partial charge is 0.281 e. The van der Waals surface area contributed by atoms with Gasteiger partial charge in [0.1, 0.15) is 11.5 Å². The van der Waals surface area contributed by atoms with Crippen LogP contribution in [0.4, 0.5) is 0 Å². The molecule has 0 fully saturated rings. The number of carbonyl (C=O) groups excluding carboxylic acids is 2. The van der Waals surface area contributed by atoms with Crippen LogP contribution in [0.3, 0.4) is 0 Å². The second kappa shape index (κ2) is 6.19. The van der Waals surface area contributed by atoms with Gasteiger partial charge < -0.3 is 9.73 Å². The summed E-state index contributed by atoms with van der Waals surface area (Å²) in [4.78, 5) is 27.9. The van der Waals surface area contributed by atoms with Crippen molar-refractivity contribution in [3.05, 3.63) is 53.4 Å². The van der Waals surface area contributed by atoms with E-state index < -0.39 is 11.8 Å². The molecule has 2 amide bonds. The lowest BCUT2D eigenvalue weighted by atomic mass is 10.1. The Morgan fingerprint density at radius 1 is 1.33 bits per heavy atom. The topological polar surface area (TPSA) is 110 Å². The molecule has 7 nitrogen and oxygen atoms in total. The van der Waals surface area contributed by atoms with Crippen molar-refractivity contribution in [2.45, 2.75) is 13.8 Å². The van der Waals surface area contributed by atoms with Gasteiger partial charge in [0.05, 0.1) is 0 Å². The zero-order valence-corrected chi connectivity index (χ0v) is 11.7. The molecule has 0 bridgehead atoms. The number of aryl methyl sites for hydroxylation is 2. The van der Waals surface area contributed by atoms with E-state index in [0.29, 0.717) is 11.7 Å². The summed E-state index contributed by atoms with van der Waals surface area (Å²) in [5.74, 6) is 4.72. The predicted molar refractivity (Wildman–Crippen MR) is 75.6 cm³/mol. The third-order valence-electron chi connectivity index (χ3n) is 2.88. The molecule has 7 heteroatoms. The van der Waals surface area contributed by atoms with Crippen LogP contribution >= 0.6 is 0 Å². The monoisotopic (exact) mass is 288 g/mol. The van der Waals surface area contributed by atoms with Gasteiger partial charge >= 0.3 is 0 Å². The SMILES string of the molecule is Cc1nc(C(=O)N/C(=C\C2C=CC=C2)C(=O)NN)c(C)o1. The third-order valence-corrected chi connectivity index (χ3v) is 2.88. The number of amides is 2. The van der Waals surface area contributed by atoms with E-state index in [0.717, 1.165) is 0 Å². The average Bonchev–Trinajstić information content (AvgIpc) is 3.06. The Hall–Kier alpha value is -2.67. The first-order valence-electron chi connectivity index (χ1n) is 6.34. The van der Waals surface area contributed by atoms with E-state index in [2.05, 4.69) is 10.3 Å². The zero-order chi connectivity index (χ0) is 15.4. The standard InChI is InChI=1S/C14H16N4O3/c1-8-12(16-9(2)21-8)14(20)17-11(13(19)18-15)7-10-5-3-4-6-10/h3-7,10H,15H2,1-2H3,(H,17,20)(H,18,19)/b11-7-. The number of nitrogens with one attached hydrogen (secondary N) is 2. The second-order valence-electron chi connectivity index (χ2n) is 4.49. The second-order valence-corrected chi connectivity index (χ2v) is 4.49. The number of rotatable bonds is 4. The summed E-state index contributed by atoms with van der Waals surface area (Å²) in [5.41, 5.74) is 2.20. The summed E-state index contributed by atoms with van der Waals surface area (Å²) in [6.07, 6.45) is 9.06. The van der Waals surface area contributed by atoms with E-state index >= 15 is 0 Å². The van der Waals surface area contributed by atoms with Gasteiger partial charge in [-0.15, -0.1) is 0 Å². The number of nitrogens with zero attached hydrogens (tertiary/aromatic N) is 1. The highest BCUT2D eigenvalue weighted by Gasteiger charge is 2.20. The molecule has 0 spiro atoms. The fourth-order valence-electron chi connectivity index (χ4n) is 1.93. The maximum atomic E-state index is 12.2. The minimum absolute atomic E-state index is 0.0590. The average molecular weight is 288 g/mol. The molecule has 0 saturated heterocycles. The number of aromatic nitrogens is 1. The van der Waals surface area contributed by atoms with Crippen LogP contribution in [0.15, 0.2) is 40.5 Å². The minimum Gasteiger partial charge on any atom is -0.445 e. The van der Waals surface area contributed by atoms with Crippen molar-refractivity contribution >= 4 is 11.8 Å². The van der Waals surface area contributed by atoms with Crippen LogP contribution in [0.2, 0.25) is 0 Å². The molecular weight excluding hydrogens is 272 g/mol. The van der Waals surface area contributed by atoms with Gasteiger partial charge in [0.15, 0.2) is 11.6 Å². The van der Waals surface area contributed by atoms with Crippen LogP contribution in [-0.4, -0.2) is 16.8 Å². The number of oxazole rings is 1. The van der Waals surface area contributed by atoms with Crippen molar-refractivity contribution < 1.29 is 14.0 Å². The molecular formula is C14H16N4O3. The summed E-state index contributed by atoms with van der Waals surface area (Å²) in [6.45, 7) is 3.27. The van der Waals surface area contributed by atoms with Crippen LogP contribution in [-0.2, 0) is 4.79 Å². The molecule has 0 aromatic carbocycles. The van der Waals surface area contributed by atoms with E-state index in [4.69, 9.17) is 10.3 Å². The highest BCUT2D eigenvalue weighted by molar-refractivity contribution is 6.02. The third kappa shape index (κ3) is 3.46. The predicted octanol–water partition coefficient (Wildman–Crippen LogP) is 0.637. The highest BCUT2D eigenvalue weighted by Crippen LogP contribution is 2.13. The number of carbonyl (C=O) groups is 2. The largest absolute Gasteiger partial charge is 0.445 e. The van der Waals surface area contributed by atoms with Gasteiger partial charge in [-0.2, -0.15) is 0 Å². The summed E-state index contributed by atoms with van der Waals surface area (Å²) in [5, 5.41) is 2.50. The van der Waals surface area contributed by atoms with Crippen molar-refractivity contribution in [2.24, 2.45) is 11.8 Å². The number of nitrogens with two attached hydrogens (primary N) is 1. The highest BCUT2D eigenvalue weighted by atomic mass is 16.4. The van der Waals surface area contributed by atoms with Gasteiger partial charge in [-0.1, -0.05) is 24.3 Å². The lowest BCUT2D eigenvalue weighted by Crippen LogP contribution is -2.38. The molecule has 0 unspecified atom stereocenters. The minimum atomic E-state index is -0.588. The molecule has 2 rings (SSSR count). The molecule has 1 aliphatic carbocycles. The van der Waals surface area contributed by atoms with Crippen molar-refractivity contribution in [1.29, 1.82) is 0 Å². The molecule has 1 heterocycles. The molecule has 0 atom stereocenters. The molecule has 0 aliphatic heterocycles. The van der Waals surface area contributed by atoms with E-state index in [-0.39, 0.29) is 17.3 Å². The summed E-state index contributed by atoms with van der Waals surface area (Å²) in [7, 11) is 0. The molecule has 0 saturated carbocycles. The number of allylic oxidation sites excluding steroid dienone is 5. The Kier molecular flexibility index (Phi) is 4.34. The molecule has 1 aliphatic rings. The number of hydrogen-bond donors (Lipinski definition) is 3. The fraction of sp³-hybridized carbons (Fsp3) is 0.214. The molecule has 21 heavy (non-hydrogen) atoms. The summed E-state index contributed by atoms with van der Waals surface area (Å²) < 4.78 is 5.20. The van der Waals surface area contributed by atoms with Gasteiger partial charge in [0.2, 0.25) is 0 Å². The Labute approximate surface area is 121 Å². The van der Waals surface area contributed by atoms with Crippen LogP contribution in [0.5, 0.6) is 0 Å². The van der Waals surface area contributed by atoms with Gasteiger partial charge in [-0.25, -0.2) is 10.8 Å². The van der Waals surface area contributed by atoms with E-state index in [9.17, 15) is 9.59 Å². The Morgan fingerprint density at radius 3 is 2.52 bits per heavy atom. The Bertz CT molecular complexity index is 643. The number of hydrogen-bond acceptors (Lipinski definition) is 5. The zero-order valence-electron chi connectivity index (χ0n) is 11.7. The van der Waals surface area contributed by atoms with Gasteiger partial charge in [-0.05, 0) is 13.0 Å². The van der Waals surface area contributed by atoms with Gasteiger partial charge in [-0.3, -0.25) is 15.0 Å². The Morgan fingerprint density at radius 2 is 2.00 bits per heavy atom. The lowest BCUT2D eigenvalue weighted by molar-refractivity contribution is -0.117. The maximum absolute atomic E-state index is 12.2. The van der Waals surface area contributed by atoms with E-state index in [1.54, 1.807) is 19.9 Å². The first-order chi connectivity index (χ1) is 10.0. The molecule has 1 aromatic rings. The molecule has 1 aromatic heterocycles. The van der Waals surface area contributed by atoms with Crippen molar-refractivity contribution in [3.8, 4) is 0 Å². The van der Waals surface area contributed by atoms with E-state index in [1.165, 1.54) is 0 Å². The molecule has 4 N–H and O–H groups in total. The molecule has 110 valence electrons. The summed E-state index contributed by atoms with van der Waals surface area (Å²) in [6, 6.07) is 0. The first kappa shape index (κ1) is 14.7. The van der Waals surface area contributed by atoms with Crippen LogP contribution in [0.25, 0.3) is 0 Å². The van der Waals surface area contributed by atoms with Gasteiger partial charge in [0.25, 0.3) is 11.8 Å². The fourth-order valence-corrected chi connectivity index (χ4v) is 1.93. The normalized spacial score (nSPS) is 14.5. The van der Waals surface area contributed by atoms with Crippen molar-refractivity contribution in [3.63, 3.8) is 0 Å². The van der Waals surface area contributed by atoms with Gasteiger partial charge in [0, 0.05) is 12.8 Å². The maximum Gasteiger partial charge on any atom is 0.281 e. The van der Waals surface area contributed by atoms with Crippen LogP contribution < -0.4 is 16.6 Å². The molecule has 0 radical (unpaired) electrons. The van der Waals surface area contributed by atoms with Crippen LogP contribution in [0.1, 0.15) is 22.1 Å². The summed E-state index contributed by atoms with van der Waals surface area (Å²) >= 11 is 0.